The maximum atomic E-state index is 8.83. The predicted octanol–water partition coefficient (Wildman–Crippen LogP) is 4.06. The molecule has 1 aliphatic heterocycles. The summed E-state index contributed by atoms with van der Waals surface area (Å²) in [6.45, 7) is 2.25. The monoisotopic (exact) mass is 283 g/mol. The molecule has 0 N–H and O–H groups in total. The van der Waals surface area contributed by atoms with E-state index < -0.39 is 0 Å². The average Bonchev–Trinajstić information content (AvgIpc) is 2.83. The molecule has 0 unspecified atom stereocenters. The van der Waals surface area contributed by atoms with Crippen LogP contribution in [0.25, 0.3) is 11.3 Å². The zero-order valence-corrected chi connectivity index (χ0v) is 12.2. The summed E-state index contributed by atoms with van der Waals surface area (Å²) in [4.78, 5) is 7.17. The molecule has 1 aromatic heterocycles. The minimum absolute atomic E-state index is 0.691. The van der Waals surface area contributed by atoms with Crippen LogP contribution in [-0.2, 0) is 0 Å². The molecule has 1 saturated heterocycles. The lowest BCUT2D eigenvalue weighted by atomic mass is 10.1. The molecular weight excluding hydrogens is 266 g/mol. The Morgan fingerprint density at radius 1 is 1.05 bits per heavy atom. The number of hydrogen-bond acceptors (Lipinski definition) is 4. The molecule has 0 bridgehead atoms. The predicted molar refractivity (Wildman–Crippen MR) is 82.9 cm³/mol. The lowest BCUT2D eigenvalue weighted by molar-refractivity contribution is 0.726. The van der Waals surface area contributed by atoms with Crippen molar-refractivity contribution in [2.75, 3.05) is 18.0 Å². The van der Waals surface area contributed by atoms with Gasteiger partial charge in [-0.25, -0.2) is 4.98 Å². The van der Waals surface area contributed by atoms with Crippen molar-refractivity contribution in [1.29, 1.82) is 5.26 Å². The second-order valence-corrected chi connectivity index (χ2v) is 5.94. The topological polar surface area (TPSA) is 39.9 Å². The molecule has 4 heteroatoms. The Morgan fingerprint density at radius 3 is 2.40 bits per heavy atom. The number of nitriles is 1. The van der Waals surface area contributed by atoms with Gasteiger partial charge in [-0.2, -0.15) is 5.26 Å². The summed E-state index contributed by atoms with van der Waals surface area (Å²) in [6.07, 6.45) is 5.21. The molecule has 2 heterocycles. The fourth-order valence-electron chi connectivity index (χ4n) is 2.52. The third-order valence-electron chi connectivity index (χ3n) is 3.68. The fraction of sp³-hybridized carbons (Fsp3) is 0.375. The van der Waals surface area contributed by atoms with E-state index in [4.69, 9.17) is 10.2 Å². The molecule has 0 spiro atoms. The minimum atomic E-state index is 0.691. The number of aromatic nitrogens is 1. The highest BCUT2D eigenvalue weighted by atomic mass is 32.1. The summed E-state index contributed by atoms with van der Waals surface area (Å²) >= 11 is 1.72. The van der Waals surface area contributed by atoms with Crippen LogP contribution in [0.4, 0.5) is 5.13 Å². The second-order valence-electron chi connectivity index (χ2n) is 5.11. The molecule has 0 saturated carbocycles. The molecule has 3 nitrogen and oxygen atoms in total. The van der Waals surface area contributed by atoms with Crippen LogP contribution in [0, 0.1) is 11.3 Å². The van der Waals surface area contributed by atoms with E-state index in [-0.39, 0.29) is 0 Å². The van der Waals surface area contributed by atoms with Crippen molar-refractivity contribution in [1.82, 2.24) is 4.98 Å². The van der Waals surface area contributed by atoms with Crippen LogP contribution in [0.3, 0.4) is 0 Å². The van der Waals surface area contributed by atoms with Crippen LogP contribution in [0.1, 0.15) is 31.2 Å². The first-order valence-corrected chi connectivity index (χ1v) is 7.96. The molecule has 0 amide bonds. The number of anilines is 1. The van der Waals surface area contributed by atoms with Gasteiger partial charge in [-0.3, -0.25) is 0 Å². The van der Waals surface area contributed by atoms with Gasteiger partial charge in [-0.05, 0) is 25.0 Å². The van der Waals surface area contributed by atoms with Crippen molar-refractivity contribution in [2.24, 2.45) is 0 Å². The van der Waals surface area contributed by atoms with E-state index in [0.717, 1.165) is 29.5 Å². The van der Waals surface area contributed by atoms with E-state index in [1.54, 1.807) is 11.3 Å². The van der Waals surface area contributed by atoms with Crippen LogP contribution < -0.4 is 4.90 Å². The van der Waals surface area contributed by atoms with Crippen molar-refractivity contribution in [3.05, 3.63) is 35.2 Å². The van der Waals surface area contributed by atoms with Gasteiger partial charge in [-0.15, -0.1) is 11.3 Å². The Morgan fingerprint density at radius 2 is 1.75 bits per heavy atom. The maximum absolute atomic E-state index is 8.83. The van der Waals surface area contributed by atoms with Crippen molar-refractivity contribution in [3.8, 4) is 17.3 Å². The summed E-state index contributed by atoms with van der Waals surface area (Å²) < 4.78 is 0. The summed E-state index contributed by atoms with van der Waals surface area (Å²) in [5, 5.41) is 12.1. The number of rotatable bonds is 2. The van der Waals surface area contributed by atoms with Crippen molar-refractivity contribution < 1.29 is 0 Å². The van der Waals surface area contributed by atoms with E-state index in [9.17, 15) is 0 Å². The molecule has 0 atom stereocenters. The first-order chi connectivity index (χ1) is 9.86. The molecule has 2 aromatic rings. The zero-order valence-electron chi connectivity index (χ0n) is 11.4. The Balaban J connectivity index is 1.80. The average molecular weight is 283 g/mol. The first kappa shape index (κ1) is 13.1. The first-order valence-electron chi connectivity index (χ1n) is 7.08. The van der Waals surface area contributed by atoms with E-state index in [1.807, 2.05) is 24.3 Å². The van der Waals surface area contributed by atoms with Crippen LogP contribution >= 0.6 is 11.3 Å². The van der Waals surface area contributed by atoms with E-state index >= 15 is 0 Å². The van der Waals surface area contributed by atoms with Gasteiger partial charge in [-0.1, -0.05) is 25.0 Å². The molecule has 102 valence electrons. The molecule has 0 radical (unpaired) electrons. The van der Waals surface area contributed by atoms with Crippen LogP contribution in [0.2, 0.25) is 0 Å². The molecule has 1 fully saturated rings. The zero-order chi connectivity index (χ0) is 13.8. The number of nitrogens with zero attached hydrogens (tertiary/aromatic N) is 3. The summed E-state index contributed by atoms with van der Waals surface area (Å²) in [5.41, 5.74) is 2.79. The summed E-state index contributed by atoms with van der Waals surface area (Å²) in [6, 6.07) is 9.78. The van der Waals surface area contributed by atoms with E-state index in [1.165, 1.54) is 25.7 Å². The van der Waals surface area contributed by atoms with Gasteiger partial charge in [0.05, 0.1) is 17.3 Å². The SMILES string of the molecule is N#Cc1ccc(-c2csc(N3CCCCCC3)n2)cc1. The van der Waals surface area contributed by atoms with Gasteiger partial charge in [0.15, 0.2) is 5.13 Å². The van der Waals surface area contributed by atoms with Gasteiger partial charge < -0.3 is 4.90 Å². The van der Waals surface area contributed by atoms with Crippen LogP contribution in [-0.4, -0.2) is 18.1 Å². The highest BCUT2D eigenvalue weighted by Crippen LogP contribution is 2.29. The third kappa shape index (κ3) is 2.83. The summed E-state index contributed by atoms with van der Waals surface area (Å²) in [5.74, 6) is 0. The largest absolute Gasteiger partial charge is 0.348 e. The van der Waals surface area contributed by atoms with E-state index in [0.29, 0.717) is 5.56 Å². The van der Waals surface area contributed by atoms with Gasteiger partial charge in [0.2, 0.25) is 0 Å². The number of benzene rings is 1. The Hall–Kier alpha value is -1.86. The lowest BCUT2D eigenvalue weighted by Gasteiger charge is -2.18. The maximum Gasteiger partial charge on any atom is 0.185 e. The van der Waals surface area contributed by atoms with Crippen molar-refractivity contribution >= 4 is 16.5 Å². The number of hydrogen-bond donors (Lipinski definition) is 0. The fourth-order valence-corrected chi connectivity index (χ4v) is 3.41. The van der Waals surface area contributed by atoms with Gasteiger partial charge in [0, 0.05) is 24.0 Å². The number of thiazole rings is 1. The van der Waals surface area contributed by atoms with Crippen molar-refractivity contribution in [3.63, 3.8) is 0 Å². The molecular formula is C16H17N3S. The normalized spacial score (nSPS) is 15.7. The van der Waals surface area contributed by atoms with E-state index in [2.05, 4.69) is 16.3 Å². The smallest absolute Gasteiger partial charge is 0.185 e. The van der Waals surface area contributed by atoms with Gasteiger partial charge >= 0.3 is 0 Å². The Bertz CT molecular complexity index is 601. The van der Waals surface area contributed by atoms with Crippen LogP contribution in [0.15, 0.2) is 29.6 Å². The molecule has 3 rings (SSSR count). The van der Waals surface area contributed by atoms with Crippen molar-refractivity contribution in [2.45, 2.75) is 25.7 Å². The lowest BCUT2D eigenvalue weighted by Crippen LogP contribution is -2.23. The highest BCUT2D eigenvalue weighted by Gasteiger charge is 2.13. The molecule has 1 aliphatic rings. The highest BCUT2D eigenvalue weighted by molar-refractivity contribution is 7.14. The van der Waals surface area contributed by atoms with Gasteiger partial charge in [0.1, 0.15) is 0 Å². The van der Waals surface area contributed by atoms with Crippen LogP contribution in [0.5, 0.6) is 0 Å². The third-order valence-corrected chi connectivity index (χ3v) is 4.58. The Labute approximate surface area is 123 Å². The quantitative estimate of drug-likeness (QED) is 0.834. The van der Waals surface area contributed by atoms with Gasteiger partial charge in [0.25, 0.3) is 0 Å². The molecule has 20 heavy (non-hydrogen) atoms. The minimum Gasteiger partial charge on any atom is -0.348 e. The Kier molecular flexibility index (Phi) is 3.98. The molecule has 1 aromatic carbocycles. The molecule has 0 aliphatic carbocycles. The standard InChI is InChI=1S/C16H17N3S/c17-11-13-5-7-14(8-6-13)15-12-20-16(18-15)19-9-3-1-2-4-10-19/h5-8,12H,1-4,9-10H2. The summed E-state index contributed by atoms with van der Waals surface area (Å²) in [7, 11) is 0. The second kappa shape index (κ2) is 6.06.